The molecule has 36 heavy (non-hydrogen) atoms. The molecule has 0 radical (unpaired) electrons. The normalized spacial score (nSPS) is 15.5. The van der Waals surface area contributed by atoms with Gasteiger partial charge in [0.15, 0.2) is 5.76 Å². The largest absolute Gasteiger partial charge is 0.486 e. The Balaban J connectivity index is 1.58. The van der Waals surface area contributed by atoms with E-state index in [0.29, 0.717) is 23.8 Å². The van der Waals surface area contributed by atoms with Crippen LogP contribution in [0.2, 0.25) is 0 Å². The third kappa shape index (κ3) is 5.32. The fraction of sp³-hybridized carbons (Fsp3) is 0.400. The molecule has 0 saturated heterocycles. The molecular weight excluding hydrogens is 452 g/mol. The molecule has 1 aliphatic rings. The van der Waals surface area contributed by atoms with Gasteiger partial charge >= 0.3 is 0 Å². The molecule has 2 heterocycles. The highest BCUT2D eigenvalue weighted by Crippen LogP contribution is 2.39. The number of nitrogens with zero attached hydrogens (tertiary/aromatic N) is 2. The van der Waals surface area contributed by atoms with Crippen LogP contribution in [0.4, 0.5) is 0 Å². The second-order valence-electron chi connectivity index (χ2n) is 10.7. The first-order valence-electron chi connectivity index (χ1n) is 12.5. The smallest absolute Gasteiger partial charge is 0.289 e. The van der Waals surface area contributed by atoms with E-state index in [0.717, 1.165) is 17.5 Å². The van der Waals surface area contributed by atoms with E-state index >= 15 is 0 Å². The van der Waals surface area contributed by atoms with Crippen molar-refractivity contribution in [2.75, 3.05) is 13.6 Å². The van der Waals surface area contributed by atoms with Gasteiger partial charge in [0.2, 0.25) is 5.91 Å². The Morgan fingerprint density at radius 3 is 2.47 bits per heavy atom. The summed E-state index contributed by atoms with van der Waals surface area (Å²) in [6, 6.07) is 19.6. The summed E-state index contributed by atoms with van der Waals surface area (Å²) in [6.07, 6.45) is 0.799. The van der Waals surface area contributed by atoms with Crippen molar-refractivity contribution in [2.45, 2.75) is 59.7 Å². The van der Waals surface area contributed by atoms with Crippen molar-refractivity contribution in [1.29, 1.82) is 0 Å². The van der Waals surface area contributed by atoms with Gasteiger partial charge in [-0.05, 0) is 61.2 Å². The predicted molar refractivity (Wildman–Crippen MR) is 140 cm³/mol. The molecule has 1 aromatic heterocycles. The maximum Gasteiger partial charge on any atom is 0.289 e. The van der Waals surface area contributed by atoms with Gasteiger partial charge in [-0.2, -0.15) is 0 Å². The molecule has 3 aromatic rings. The van der Waals surface area contributed by atoms with Crippen LogP contribution in [0.5, 0.6) is 5.75 Å². The average Bonchev–Trinajstić information content (AvgIpc) is 3.34. The van der Waals surface area contributed by atoms with Crippen LogP contribution >= 0.6 is 0 Å². The molecule has 190 valence electrons. The highest BCUT2D eigenvalue weighted by Gasteiger charge is 2.37. The molecule has 1 atom stereocenters. The zero-order chi connectivity index (χ0) is 26.0. The van der Waals surface area contributed by atoms with Gasteiger partial charge in [-0.1, -0.05) is 57.2 Å². The molecule has 0 aliphatic carbocycles. The lowest BCUT2D eigenvalue weighted by Gasteiger charge is -2.41. The van der Waals surface area contributed by atoms with Gasteiger partial charge in [0.1, 0.15) is 18.1 Å². The Morgan fingerprint density at radius 1 is 1.08 bits per heavy atom. The molecular formula is C30H36N2O4. The highest BCUT2D eigenvalue weighted by molar-refractivity contribution is 5.91. The Kier molecular flexibility index (Phi) is 7.25. The van der Waals surface area contributed by atoms with Crippen molar-refractivity contribution in [3.8, 4) is 5.75 Å². The molecule has 0 saturated carbocycles. The van der Waals surface area contributed by atoms with Crippen LogP contribution in [-0.2, 0) is 17.8 Å². The maximum atomic E-state index is 13.4. The summed E-state index contributed by atoms with van der Waals surface area (Å²) < 4.78 is 11.8. The molecule has 6 heteroatoms. The lowest BCUT2D eigenvalue weighted by atomic mass is 9.85. The quantitative estimate of drug-likeness (QED) is 0.436. The fourth-order valence-corrected chi connectivity index (χ4v) is 4.46. The monoisotopic (exact) mass is 488 g/mol. The molecule has 0 bridgehead atoms. The van der Waals surface area contributed by atoms with Crippen molar-refractivity contribution in [3.63, 3.8) is 0 Å². The number of rotatable bonds is 6. The van der Waals surface area contributed by atoms with Crippen LogP contribution < -0.4 is 4.74 Å². The molecule has 0 N–H and O–H groups in total. The summed E-state index contributed by atoms with van der Waals surface area (Å²) in [5.74, 6) is 1.56. The Labute approximate surface area is 213 Å². The van der Waals surface area contributed by atoms with E-state index in [9.17, 15) is 9.59 Å². The van der Waals surface area contributed by atoms with Gasteiger partial charge in [0, 0.05) is 25.0 Å². The van der Waals surface area contributed by atoms with Crippen LogP contribution in [-0.4, -0.2) is 41.2 Å². The van der Waals surface area contributed by atoms with Gasteiger partial charge in [-0.3, -0.25) is 9.59 Å². The van der Waals surface area contributed by atoms with Crippen molar-refractivity contribution in [3.05, 3.63) is 88.9 Å². The van der Waals surface area contributed by atoms with Gasteiger partial charge in [0.25, 0.3) is 5.91 Å². The van der Waals surface area contributed by atoms with Crippen molar-refractivity contribution in [1.82, 2.24) is 9.80 Å². The number of fused-ring (bicyclic) bond motifs is 1. The number of carbonyl (C=O) groups excluding carboxylic acids is 2. The molecule has 0 spiro atoms. The van der Waals surface area contributed by atoms with E-state index in [4.69, 9.17) is 9.15 Å². The van der Waals surface area contributed by atoms with E-state index in [1.165, 1.54) is 5.56 Å². The van der Waals surface area contributed by atoms with E-state index in [-0.39, 0.29) is 30.5 Å². The van der Waals surface area contributed by atoms with E-state index in [1.807, 2.05) is 69.9 Å². The number of amides is 2. The first-order chi connectivity index (χ1) is 17.1. The summed E-state index contributed by atoms with van der Waals surface area (Å²) in [6.45, 7) is 10.7. The summed E-state index contributed by atoms with van der Waals surface area (Å²) in [4.78, 5) is 29.6. The lowest BCUT2D eigenvalue weighted by Crippen LogP contribution is -2.45. The standard InChI is InChI=1S/C30H36N2O4/c1-20(2)31(6)28(33)26-15-14-24(36-26)19-35-23-13-12-21-16-17-32(29(34)30(3,4)5)27(25(21)18-23)22-10-8-7-9-11-22/h7-15,18,20,27H,16-17,19H2,1-6H3/t27-/m0/s1. The molecule has 4 rings (SSSR count). The first-order valence-corrected chi connectivity index (χ1v) is 12.5. The minimum atomic E-state index is -0.475. The Bertz CT molecular complexity index is 1220. The Morgan fingerprint density at radius 2 is 1.81 bits per heavy atom. The van der Waals surface area contributed by atoms with Crippen LogP contribution in [0, 0.1) is 5.41 Å². The van der Waals surface area contributed by atoms with Crippen LogP contribution in [0.25, 0.3) is 0 Å². The van der Waals surface area contributed by atoms with Crippen molar-refractivity contribution < 1.29 is 18.7 Å². The summed E-state index contributed by atoms with van der Waals surface area (Å²) in [5.41, 5.74) is 2.90. The number of benzene rings is 2. The number of hydrogen-bond acceptors (Lipinski definition) is 4. The molecule has 0 unspecified atom stereocenters. The van der Waals surface area contributed by atoms with Gasteiger partial charge in [0.05, 0.1) is 6.04 Å². The minimum absolute atomic E-state index is 0.0834. The van der Waals surface area contributed by atoms with E-state index in [2.05, 4.69) is 18.2 Å². The number of hydrogen-bond donors (Lipinski definition) is 0. The zero-order valence-corrected chi connectivity index (χ0v) is 22.1. The molecule has 1 aliphatic heterocycles. The summed E-state index contributed by atoms with van der Waals surface area (Å²) in [7, 11) is 1.76. The Hall–Kier alpha value is -3.54. The molecule has 2 aromatic carbocycles. The second-order valence-corrected chi connectivity index (χ2v) is 10.7. The van der Waals surface area contributed by atoms with Crippen molar-refractivity contribution in [2.24, 2.45) is 5.41 Å². The van der Waals surface area contributed by atoms with Gasteiger partial charge in [-0.15, -0.1) is 0 Å². The fourth-order valence-electron chi connectivity index (χ4n) is 4.46. The lowest BCUT2D eigenvalue weighted by molar-refractivity contribution is -0.141. The summed E-state index contributed by atoms with van der Waals surface area (Å²) in [5, 5.41) is 0. The van der Waals surface area contributed by atoms with Crippen LogP contribution in [0.1, 0.15) is 73.7 Å². The van der Waals surface area contributed by atoms with Gasteiger partial charge in [-0.25, -0.2) is 0 Å². The molecule has 0 fully saturated rings. The average molecular weight is 489 g/mol. The third-order valence-corrected chi connectivity index (χ3v) is 6.71. The first kappa shape index (κ1) is 25.5. The molecule has 6 nitrogen and oxygen atoms in total. The van der Waals surface area contributed by atoms with Crippen LogP contribution in [0.3, 0.4) is 0 Å². The summed E-state index contributed by atoms with van der Waals surface area (Å²) >= 11 is 0. The molecule has 2 amide bonds. The predicted octanol–water partition coefficient (Wildman–Crippen LogP) is 5.86. The van der Waals surface area contributed by atoms with Crippen molar-refractivity contribution >= 4 is 11.8 Å². The number of furan rings is 1. The van der Waals surface area contributed by atoms with E-state index in [1.54, 1.807) is 24.1 Å². The highest BCUT2D eigenvalue weighted by atomic mass is 16.5. The third-order valence-electron chi connectivity index (χ3n) is 6.71. The van der Waals surface area contributed by atoms with E-state index < -0.39 is 5.41 Å². The number of carbonyl (C=O) groups is 2. The topological polar surface area (TPSA) is 63.0 Å². The minimum Gasteiger partial charge on any atom is -0.486 e. The zero-order valence-electron chi connectivity index (χ0n) is 22.1. The maximum absolute atomic E-state index is 13.4. The van der Waals surface area contributed by atoms with Crippen LogP contribution in [0.15, 0.2) is 65.1 Å². The number of ether oxygens (including phenoxy) is 1. The second kappa shape index (κ2) is 10.2. The van der Waals surface area contributed by atoms with Gasteiger partial charge < -0.3 is 19.0 Å². The SMILES string of the molecule is CC(C)N(C)C(=O)c1ccc(COc2ccc3c(c2)[C@H](c2ccccc2)N(C(=O)C(C)(C)C)CC3)o1.